The number of hydrogen-bond acceptors (Lipinski definition) is 4. The molecule has 0 N–H and O–H groups in total. The van der Waals surface area contributed by atoms with Crippen LogP contribution in [0.25, 0.3) is 11.3 Å². The summed E-state index contributed by atoms with van der Waals surface area (Å²) in [4.78, 5) is 15.9. The van der Waals surface area contributed by atoms with Crippen LogP contribution >= 0.6 is 11.6 Å². The van der Waals surface area contributed by atoms with Crippen LogP contribution in [-0.2, 0) is 11.3 Å². The van der Waals surface area contributed by atoms with Crippen LogP contribution in [-0.4, -0.2) is 23.3 Å². The normalized spacial score (nSPS) is 10.5. The Morgan fingerprint density at radius 1 is 1.36 bits per heavy atom. The second kappa shape index (κ2) is 6.64. The van der Waals surface area contributed by atoms with Gasteiger partial charge in [0.15, 0.2) is 5.15 Å². The quantitative estimate of drug-likeness (QED) is 0.865. The van der Waals surface area contributed by atoms with Crippen molar-refractivity contribution in [3.8, 4) is 17.3 Å². The monoisotopic (exact) mass is 325 g/mol. The van der Waals surface area contributed by atoms with Crippen LogP contribution in [0.1, 0.15) is 5.69 Å². The largest absolute Gasteiger partial charge is 0.383 e. The molecular weight excluding hydrogens is 316 g/mol. The van der Waals surface area contributed by atoms with Crippen LogP contribution in [0.15, 0.2) is 23.0 Å². The van der Waals surface area contributed by atoms with Crippen LogP contribution in [0.3, 0.4) is 0 Å². The molecule has 2 rings (SSSR count). The Kier molecular flexibility index (Phi) is 4.85. The van der Waals surface area contributed by atoms with E-state index in [-0.39, 0.29) is 29.6 Å². The molecule has 0 amide bonds. The number of benzene rings is 1. The van der Waals surface area contributed by atoms with Crippen LogP contribution < -0.4 is 5.56 Å². The molecule has 2 aromatic rings. The van der Waals surface area contributed by atoms with Crippen molar-refractivity contribution in [3.63, 3.8) is 0 Å². The highest BCUT2D eigenvalue weighted by atomic mass is 35.5. The predicted molar refractivity (Wildman–Crippen MR) is 75.5 cm³/mol. The van der Waals surface area contributed by atoms with E-state index >= 15 is 0 Å². The van der Waals surface area contributed by atoms with Crippen molar-refractivity contribution in [1.82, 2.24) is 9.55 Å². The first-order chi connectivity index (χ1) is 10.5. The van der Waals surface area contributed by atoms with Gasteiger partial charge < -0.3 is 9.30 Å². The van der Waals surface area contributed by atoms with E-state index in [0.29, 0.717) is 6.07 Å². The van der Waals surface area contributed by atoms with Gasteiger partial charge in [0.25, 0.3) is 5.56 Å². The maximum absolute atomic E-state index is 13.4. The average Bonchev–Trinajstić information content (AvgIpc) is 2.46. The first-order valence-electron chi connectivity index (χ1n) is 6.13. The maximum Gasteiger partial charge on any atom is 0.288 e. The topological polar surface area (TPSA) is 67.9 Å². The van der Waals surface area contributed by atoms with E-state index in [4.69, 9.17) is 21.6 Å². The van der Waals surface area contributed by atoms with Gasteiger partial charge in [-0.2, -0.15) is 5.26 Å². The summed E-state index contributed by atoms with van der Waals surface area (Å²) in [6.07, 6.45) is 0. The van der Waals surface area contributed by atoms with Gasteiger partial charge in [0.2, 0.25) is 5.69 Å². The molecular formula is C14H10ClF2N3O2. The molecule has 114 valence electrons. The van der Waals surface area contributed by atoms with Crippen molar-refractivity contribution in [1.29, 1.82) is 5.26 Å². The van der Waals surface area contributed by atoms with Gasteiger partial charge in [-0.1, -0.05) is 11.6 Å². The van der Waals surface area contributed by atoms with Crippen molar-refractivity contribution in [2.45, 2.75) is 6.54 Å². The van der Waals surface area contributed by atoms with E-state index in [1.165, 1.54) is 7.11 Å². The fourth-order valence-electron chi connectivity index (χ4n) is 1.97. The molecule has 8 heteroatoms. The van der Waals surface area contributed by atoms with Crippen LogP contribution in [0.2, 0.25) is 5.15 Å². The number of ether oxygens (including phenoxy) is 1. The summed E-state index contributed by atoms with van der Waals surface area (Å²) in [5.41, 5.74) is -1.03. The van der Waals surface area contributed by atoms with Crippen LogP contribution in [0.4, 0.5) is 8.78 Å². The minimum Gasteiger partial charge on any atom is -0.383 e. The molecule has 0 fully saturated rings. The summed E-state index contributed by atoms with van der Waals surface area (Å²) < 4.78 is 32.8. The molecule has 0 aliphatic heterocycles. The Morgan fingerprint density at radius 2 is 2.00 bits per heavy atom. The van der Waals surface area contributed by atoms with Gasteiger partial charge in [0.05, 0.1) is 12.3 Å². The van der Waals surface area contributed by atoms with Gasteiger partial charge in [-0.25, -0.2) is 13.8 Å². The highest BCUT2D eigenvalue weighted by Crippen LogP contribution is 2.27. The standard InChI is InChI=1S/C14H10ClF2N3O2/c1-22-3-2-20-12(8-4-9(16)6-10(17)5-8)13(15)19-11(7-18)14(20)21/h4-6H,2-3H2,1H3. The molecule has 0 unspecified atom stereocenters. The smallest absolute Gasteiger partial charge is 0.288 e. The summed E-state index contributed by atoms with van der Waals surface area (Å²) in [6.45, 7) is 0.204. The minimum absolute atomic E-state index is 0.0288. The van der Waals surface area contributed by atoms with E-state index in [2.05, 4.69) is 4.98 Å². The van der Waals surface area contributed by atoms with E-state index < -0.39 is 22.9 Å². The molecule has 0 saturated heterocycles. The summed E-state index contributed by atoms with van der Waals surface area (Å²) in [5, 5.41) is 8.71. The number of nitriles is 1. The minimum atomic E-state index is -0.818. The predicted octanol–water partition coefficient (Wildman–Crippen LogP) is 2.36. The average molecular weight is 326 g/mol. The summed E-state index contributed by atoms with van der Waals surface area (Å²) in [5.74, 6) is -1.64. The van der Waals surface area contributed by atoms with Crippen molar-refractivity contribution in [2.24, 2.45) is 0 Å². The van der Waals surface area contributed by atoms with Crippen molar-refractivity contribution >= 4 is 11.6 Å². The molecule has 5 nitrogen and oxygen atoms in total. The van der Waals surface area contributed by atoms with Crippen molar-refractivity contribution in [2.75, 3.05) is 13.7 Å². The van der Waals surface area contributed by atoms with Gasteiger partial charge in [-0.15, -0.1) is 0 Å². The van der Waals surface area contributed by atoms with Crippen LogP contribution in [0, 0.1) is 23.0 Å². The molecule has 0 aliphatic rings. The Morgan fingerprint density at radius 3 is 2.55 bits per heavy atom. The third-order valence-corrected chi connectivity index (χ3v) is 3.15. The Labute approximate surface area is 129 Å². The second-order valence-electron chi connectivity index (χ2n) is 4.32. The molecule has 0 radical (unpaired) electrons. The van der Waals surface area contributed by atoms with Gasteiger partial charge in [0.1, 0.15) is 17.7 Å². The van der Waals surface area contributed by atoms with Crippen molar-refractivity contribution in [3.05, 3.63) is 51.0 Å². The van der Waals surface area contributed by atoms with Crippen molar-refractivity contribution < 1.29 is 13.5 Å². The molecule has 1 heterocycles. The zero-order valence-electron chi connectivity index (χ0n) is 11.4. The lowest BCUT2D eigenvalue weighted by molar-refractivity contribution is 0.186. The molecule has 1 aromatic heterocycles. The molecule has 0 bridgehead atoms. The van der Waals surface area contributed by atoms with Crippen LogP contribution in [0.5, 0.6) is 0 Å². The van der Waals surface area contributed by atoms with E-state index in [1.807, 2.05) is 0 Å². The number of hydrogen-bond donors (Lipinski definition) is 0. The Balaban J connectivity index is 2.76. The second-order valence-corrected chi connectivity index (χ2v) is 4.68. The van der Waals surface area contributed by atoms with Gasteiger partial charge in [0, 0.05) is 25.3 Å². The number of rotatable bonds is 4. The number of methoxy groups -OCH3 is 1. The highest BCUT2D eigenvalue weighted by molar-refractivity contribution is 6.31. The third-order valence-electron chi connectivity index (χ3n) is 2.88. The van der Waals surface area contributed by atoms with E-state index in [0.717, 1.165) is 16.7 Å². The summed E-state index contributed by atoms with van der Waals surface area (Å²) in [6, 6.07) is 4.39. The fraction of sp³-hybridized carbons (Fsp3) is 0.214. The van der Waals surface area contributed by atoms with Gasteiger partial charge in [-0.3, -0.25) is 4.79 Å². The SMILES string of the molecule is COCCn1c(-c2cc(F)cc(F)c2)c(Cl)nc(C#N)c1=O. The Bertz CT molecular complexity index is 795. The molecule has 0 spiro atoms. The third kappa shape index (κ3) is 3.13. The Hall–Kier alpha value is -2.30. The first-order valence-corrected chi connectivity index (χ1v) is 6.51. The number of aromatic nitrogens is 2. The lowest BCUT2D eigenvalue weighted by atomic mass is 10.1. The molecule has 0 saturated carbocycles. The number of halogens is 3. The number of nitrogens with zero attached hydrogens (tertiary/aromatic N) is 3. The molecule has 1 aromatic carbocycles. The van der Waals surface area contributed by atoms with Gasteiger partial charge >= 0.3 is 0 Å². The molecule has 0 atom stereocenters. The molecule has 0 aliphatic carbocycles. The zero-order valence-corrected chi connectivity index (χ0v) is 12.2. The van der Waals surface area contributed by atoms with E-state index in [9.17, 15) is 13.6 Å². The first kappa shape index (κ1) is 16.1. The fourth-order valence-corrected chi connectivity index (χ4v) is 2.27. The highest BCUT2D eigenvalue weighted by Gasteiger charge is 2.18. The summed E-state index contributed by atoms with van der Waals surface area (Å²) >= 11 is 6.00. The zero-order chi connectivity index (χ0) is 16.3. The summed E-state index contributed by atoms with van der Waals surface area (Å²) in [7, 11) is 1.43. The lowest BCUT2D eigenvalue weighted by Crippen LogP contribution is -2.27. The van der Waals surface area contributed by atoms with E-state index in [1.54, 1.807) is 6.07 Å². The lowest BCUT2D eigenvalue weighted by Gasteiger charge is -2.14. The van der Waals surface area contributed by atoms with Gasteiger partial charge in [-0.05, 0) is 12.1 Å². The molecule has 22 heavy (non-hydrogen) atoms. The maximum atomic E-state index is 13.4.